The third-order valence-electron chi connectivity index (χ3n) is 5.96. The van der Waals surface area contributed by atoms with Crippen molar-refractivity contribution in [2.75, 3.05) is 38.3 Å². The fraction of sp³-hybridized carbons (Fsp3) is 0.480. The van der Waals surface area contributed by atoms with Gasteiger partial charge in [-0.15, -0.1) is 0 Å². The topological polar surface area (TPSA) is 65.3 Å². The summed E-state index contributed by atoms with van der Waals surface area (Å²) in [5.41, 5.74) is 3.23. The number of benzene rings is 1. The molecule has 0 bridgehead atoms. The summed E-state index contributed by atoms with van der Waals surface area (Å²) < 4.78 is 13.3. The van der Waals surface area contributed by atoms with Crippen LogP contribution in [0.5, 0.6) is 0 Å². The van der Waals surface area contributed by atoms with Crippen molar-refractivity contribution in [1.29, 1.82) is 0 Å². The first kappa shape index (κ1) is 22.4. The summed E-state index contributed by atoms with van der Waals surface area (Å²) in [5.74, 6) is 2.67. The third-order valence-corrected chi connectivity index (χ3v) is 5.96. The Kier molecular flexibility index (Phi) is 7.17. The van der Waals surface area contributed by atoms with Crippen molar-refractivity contribution in [3.8, 4) is 17.1 Å². The second kappa shape index (κ2) is 10.2. The highest BCUT2D eigenvalue weighted by molar-refractivity contribution is 5.60. The molecule has 2 unspecified atom stereocenters. The molecule has 1 fully saturated rings. The number of hydrogen-bond acceptors (Lipinski definition) is 6. The van der Waals surface area contributed by atoms with E-state index in [1.165, 1.54) is 5.56 Å². The zero-order valence-electron chi connectivity index (χ0n) is 19.5. The van der Waals surface area contributed by atoms with Gasteiger partial charge >= 0.3 is 0 Å². The summed E-state index contributed by atoms with van der Waals surface area (Å²) in [6.07, 6.45) is 3.94. The Morgan fingerprint density at radius 1 is 1.09 bits per heavy atom. The number of hydrogen-bond donors (Lipinski definition) is 0. The van der Waals surface area contributed by atoms with Gasteiger partial charge in [0.15, 0.2) is 11.6 Å². The molecule has 0 aliphatic carbocycles. The number of ether oxygens (including phenoxy) is 2. The van der Waals surface area contributed by atoms with Crippen LogP contribution in [0.4, 0.5) is 5.82 Å². The predicted octanol–water partition coefficient (Wildman–Crippen LogP) is 4.60. The zero-order valence-corrected chi connectivity index (χ0v) is 19.5. The fourth-order valence-corrected chi connectivity index (χ4v) is 4.25. The average Bonchev–Trinajstić information content (AvgIpc) is 3.31. The molecular weight excluding hydrogens is 402 g/mol. The normalized spacial score (nSPS) is 16.2. The van der Waals surface area contributed by atoms with Crippen LogP contribution in [0.3, 0.4) is 0 Å². The van der Waals surface area contributed by atoms with Crippen LogP contribution in [0.1, 0.15) is 44.2 Å². The van der Waals surface area contributed by atoms with Gasteiger partial charge in [0.25, 0.3) is 0 Å². The van der Waals surface area contributed by atoms with Gasteiger partial charge in [0.05, 0.1) is 18.9 Å². The number of rotatable bonds is 8. The van der Waals surface area contributed by atoms with Crippen LogP contribution in [0.2, 0.25) is 0 Å². The minimum atomic E-state index is -0.165. The number of aryl methyl sites for hydroxylation is 1. The lowest BCUT2D eigenvalue weighted by Gasteiger charge is -2.29. The molecule has 3 aromatic rings. The maximum Gasteiger partial charge on any atom is 0.162 e. The molecule has 1 saturated heterocycles. The van der Waals surface area contributed by atoms with Crippen LogP contribution in [0, 0.1) is 12.8 Å². The lowest BCUT2D eigenvalue weighted by molar-refractivity contribution is 0.0473. The zero-order chi connectivity index (χ0) is 22.5. The van der Waals surface area contributed by atoms with Gasteiger partial charge in [-0.05, 0) is 31.4 Å². The van der Waals surface area contributed by atoms with Gasteiger partial charge in [0.2, 0.25) is 0 Å². The first-order valence-electron chi connectivity index (χ1n) is 11.5. The van der Waals surface area contributed by atoms with E-state index in [2.05, 4.69) is 49.9 Å². The molecule has 7 nitrogen and oxygen atoms in total. The average molecular weight is 436 g/mol. The van der Waals surface area contributed by atoms with Crippen molar-refractivity contribution in [3.05, 3.63) is 54.0 Å². The standard InChI is InChI=1S/C25H33N5O2/c1-5-7-19(3)24(31-4)25-26-22(29-12-14-32-15-13-29)17-23(27-25)30-11-10-21(28-30)20-9-6-8-18(2)16-20/h6,8-11,16-17,19,24H,5,7,12-15H2,1-4H3. The van der Waals surface area contributed by atoms with Crippen molar-refractivity contribution >= 4 is 5.82 Å². The van der Waals surface area contributed by atoms with E-state index >= 15 is 0 Å². The van der Waals surface area contributed by atoms with E-state index in [0.717, 1.165) is 48.8 Å². The number of anilines is 1. The Bertz CT molecular complexity index is 1030. The van der Waals surface area contributed by atoms with Gasteiger partial charge in [0, 0.05) is 38.0 Å². The van der Waals surface area contributed by atoms with Gasteiger partial charge in [-0.3, -0.25) is 0 Å². The molecule has 0 N–H and O–H groups in total. The van der Waals surface area contributed by atoms with Crippen LogP contribution in [-0.4, -0.2) is 53.2 Å². The van der Waals surface area contributed by atoms with E-state index in [9.17, 15) is 0 Å². The number of morpholine rings is 1. The first-order valence-corrected chi connectivity index (χ1v) is 11.5. The number of aromatic nitrogens is 4. The minimum absolute atomic E-state index is 0.165. The molecule has 4 rings (SSSR count). The molecule has 1 aromatic carbocycles. The monoisotopic (exact) mass is 435 g/mol. The molecular formula is C25H33N5O2. The molecule has 0 spiro atoms. The molecule has 1 aliphatic heterocycles. The highest BCUT2D eigenvalue weighted by atomic mass is 16.5. The molecule has 0 saturated carbocycles. The first-order chi connectivity index (χ1) is 15.6. The summed E-state index contributed by atoms with van der Waals surface area (Å²) in [6, 6.07) is 12.4. The van der Waals surface area contributed by atoms with Crippen LogP contribution in [0.15, 0.2) is 42.6 Å². The van der Waals surface area contributed by atoms with E-state index in [-0.39, 0.29) is 6.10 Å². The van der Waals surface area contributed by atoms with Crippen molar-refractivity contribution < 1.29 is 9.47 Å². The van der Waals surface area contributed by atoms with Crippen LogP contribution in [0.25, 0.3) is 17.1 Å². The summed E-state index contributed by atoms with van der Waals surface area (Å²) in [6.45, 7) is 9.51. The molecule has 32 heavy (non-hydrogen) atoms. The van der Waals surface area contributed by atoms with Crippen LogP contribution >= 0.6 is 0 Å². The second-order valence-electron chi connectivity index (χ2n) is 8.48. The smallest absolute Gasteiger partial charge is 0.162 e. The maximum absolute atomic E-state index is 5.87. The number of nitrogens with zero attached hydrogens (tertiary/aromatic N) is 5. The lowest BCUT2D eigenvalue weighted by Crippen LogP contribution is -2.37. The number of methoxy groups -OCH3 is 1. The maximum atomic E-state index is 5.87. The minimum Gasteiger partial charge on any atom is -0.378 e. The fourth-order valence-electron chi connectivity index (χ4n) is 4.25. The van der Waals surface area contributed by atoms with Gasteiger partial charge < -0.3 is 14.4 Å². The predicted molar refractivity (Wildman–Crippen MR) is 126 cm³/mol. The van der Waals surface area contributed by atoms with Crippen molar-refractivity contribution in [2.24, 2.45) is 5.92 Å². The largest absolute Gasteiger partial charge is 0.378 e. The van der Waals surface area contributed by atoms with Gasteiger partial charge in [-0.1, -0.05) is 44.0 Å². The molecule has 1 aliphatic rings. The molecule has 170 valence electrons. The van der Waals surface area contributed by atoms with E-state index in [4.69, 9.17) is 24.5 Å². The summed E-state index contributed by atoms with van der Waals surface area (Å²) in [4.78, 5) is 12.1. The quantitative estimate of drug-likeness (QED) is 0.515. The SMILES string of the molecule is CCCC(C)C(OC)c1nc(N2CCOCC2)cc(-n2ccc(-c3cccc(C)c3)n2)n1. The van der Waals surface area contributed by atoms with Crippen molar-refractivity contribution in [1.82, 2.24) is 19.7 Å². The molecule has 0 amide bonds. The summed E-state index contributed by atoms with van der Waals surface area (Å²) in [5, 5.41) is 4.83. The van der Waals surface area contributed by atoms with Crippen molar-refractivity contribution in [3.63, 3.8) is 0 Å². The molecule has 2 atom stereocenters. The second-order valence-corrected chi connectivity index (χ2v) is 8.48. The highest BCUT2D eigenvalue weighted by Gasteiger charge is 2.24. The lowest BCUT2D eigenvalue weighted by atomic mass is 9.98. The molecule has 2 aromatic heterocycles. The van der Waals surface area contributed by atoms with Crippen molar-refractivity contribution in [2.45, 2.75) is 39.7 Å². The van der Waals surface area contributed by atoms with Gasteiger partial charge in [-0.2, -0.15) is 5.10 Å². The Labute approximate surface area is 190 Å². The van der Waals surface area contributed by atoms with E-state index < -0.39 is 0 Å². The third kappa shape index (κ3) is 5.00. The van der Waals surface area contributed by atoms with E-state index in [0.29, 0.717) is 25.0 Å². The Morgan fingerprint density at radius 3 is 2.59 bits per heavy atom. The Hall–Kier alpha value is -2.77. The van der Waals surface area contributed by atoms with Gasteiger partial charge in [-0.25, -0.2) is 14.6 Å². The summed E-state index contributed by atoms with van der Waals surface area (Å²) in [7, 11) is 1.74. The van der Waals surface area contributed by atoms with Gasteiger partial charge in [0.1, 0.15) is 11.9 Å². The van der Waals surface area contributed by atoms with Crippen LogP contribution < -0.4 is 4.90 Å². The van der Waals surface area contributed by atoms with E-state index in [1.54, 1.807) is 7.11 Å². The van der Waals surface area contributed by atoms with E-state index in [1.807, 2.05) is 23.0 Å². The molecule has 3 heterocycles. The highest BCUT2D eigenvalue weighted by Crippen LogP contribution is 2.29. The Balaban J connectivity index is 1.73. The Morgan fingerprint density at radius 2 is 1.88 bits per heavy atom. The molecule has 0 radical (unpaired) electrons. The summed E-state index contributed by atoms with van der Waals surface area (Å²) >= 11 is 0. The van der Waals surface area contributed by atoms with Crippen LogP contribution in [-0.2, 0) is 9.47 Å². The molecule has 7 heteroatoms.